The van der Waals surface area contributed by atoms with Crippen LogP contribution in [0.15, 0.2) is 97.1 Å². The summed E-state index contributed by atoms with van der Waals surface area (Å²) in [6.07, 6.45) is 5.72. The molecule has 0 atom stereocenters. The number of nitro groups is 1. The van der Waals surface area contributed by atoms with Gasteiger partial charge in [0.25, 0.3) is 5.69 Å². The third-order valence-electron chi connectivity index (χ3n) is 5.51. The average molecular weight is 453 g/mol. The molecule has 0 spiro atoms. The van der Waals surface area contributed by atoms with Crippen molar-refractivity contribution in [3.63, 3.8) is 0 Å². The highest BCUT2D eigenvalue weighted by Crippen LogP contribution is 2.18. The Morgan fingerprint density at radius 3 is 1.44 bits per heavy atom. The first kappa shape index (κ1) is 22.9. The van der Waals surface area contributed by atoms with Gasteiger partial charge < -0.3 is 0 Å². The number of anilines is 1. The van der Waals surface area contributed by atoms with E-state index in [0.29, 0.717) is 5.69 Å². The van der Waals surface area contributed by atoms with E-state index in [1.54, 1.807) is 24.3 Å². The molecule has 4 rings (SSSR count). The summed E-state index contributed by atoms with van der Waals surface area (Å²) in [7, 11) is 0. The number of non-ortho nitro benzene ring substituents is 1. The Labute approximate surface area is 197 Å². The number of benzene rings is 4. The van der Waals surface area contributed by atoms with E-state index in [-0.39, 0.29) is 10.6 Å². The largest absolute Gasteiger partial charge is 0.269 e. The Morgan fingerprint density at radius 2 is 1.06 bits per heavy atom. The van der Waals surface area contributed by atoms with E-state index in [1.165, 1.54) is 11.1 Å². The molecule has 0 heterocycles. The van der Waals surface area contributed by atoms with Gasteiger partial charge in [0.05, 0.1) is 10.6 Å². The summed E-state index contributed by atoms with van der Waals surface area (Å²) in [5.41, 5.74) is 9.99. The van der Waals surface area contributed by atoms with E-state index in [1.807, 2.05) is 24.3 Å². The van der Waals surface area contributed by atoms with Crippen molar-refractivity contribution in [2.75, 3.05) is 5.48 Å². The van der Waals surface area contributed by atoms with E-state index >= 15 is 0 Å². The lowest BCUT2D eigenvalue weighted by Crippen LogP contribution is -1.96. The Balaban J connectivity index is 1.32. The van der Waals surface area contributed by atoms with E-state index in [2.05, 4.69) is 71.2 Å². The van der Waals surface area contributed by atoms with Gasteiger partial charge in [-0.05, 0) is 58.4 Å². The van der Waals surface area contributed by atoms with Crippen LogP contribution in [0, 0.1) is 10.1 Å². The fraction of sp³-hybridized carbons (Fsp3) is 0.0714. The van der Waals surface area contributed by atoms with Crippen LogP contribution in [-0.2, 0) is 17.8 Å². The van der Waals surface area contributed by atoms with E-state index in [0.717, 1.165) is 35.1 Å². The van der Waals surface area contributed by atoms with E-state index in [9.17, 15) is 10.1 Å². The minimum Gasteiger partial charge on any atom is -0.258 e. The van der Waals surface area contributed by atoms with Gasteiger partial charge in [-0.15, -0.1) is 4.99 Å². The van der Waals surface area contributed by atoms with Crippen LogP contribution < -0.4 is 5.48 Å². The number of nitro benzene ring substituents is 1. The molecular formula is C28H24N2O4. The fourth-order valence-corrected chi connectivity index (χ4v) is 3.64. The average Bonchev–Trinajstić information content (AvgIpc) is 2.86. The van der Waals surface area contributed by atoms with Crippen molar-refractivity contribution in [1.29, 1.82) is 0 Å². The fourth-order valence-electron chi connectivity index (χ4n) is 3.64. The van der Waals surface area contributed by atoms with E-state index in [4.69, 9.17) is 5.26 Å². The molecule has 0 radical (unpaired) electrons. The first-order valence-corrected chi connectivity index (χ1v) is 10.8. The topological polar surface area (TPSA) is 84.6 Å². The molecule has 4 aromatic carbocycles. The summed E-state index contributed by atoms with van der Waals surface area (Å²) in [5.74, 6) is 0. The Hall–Kier alpha value is -4.26. The van der Waals surface area contributed by atoms with Gasteiger partial charge in [0.1, 0.15) is 0 Å². The molecule has 170 valence electrons. The molecule has 0 amide bonds. The summed E-state index contributed by atoms with van der Waals surface area (Å²) in [6, 6.07) is 31.1. The number of nitrogens with zero attached hydrogens (tertiary/aromatic N) is 1. The highest BCUT2D eigenvalue weighted by Gasteiger charge is 2.04. The van der Waals surface area contributed by atoms with Crippen molar-refractivity contribution in [2.45, 2.75) is 12.8 Å². The second kappa shape index (κ2) is 11.0. The predicted octanol–water partition coefficient (Wildman–Crippen LogP) is 6.76. The lowest BCUT2D eigenvalue weighted by Gasteiger charge is -2.05. The number of nitrogens with one attached hydrogen (secondary N) is 1. The first-order valence-electron chi connectivity index (χ1n) is 10.8. The van der Waals surface area contributed by atoms with Crippen LogP contribution in [0.3, 0.4) is 0 Å². The van der Waals surface area contributed by atoms with Gasteiger partial charge in [0.2, 0.25) is 0 Å². The Kier molecular flexibility index (Phi) is 7.45. The molecule has 0 fully saturated rings. The maximum absolute atomic E-state index is 10.8. The quantitative estimate of drug-likeness (QED) is 0.127. The third-order valence-corrected chi connectivity index (χ3v) is 5.51. The van der Waals surface area contributed by atoms with Crippen LogP contribution in [0.2, 0.25) is 0 Å². The van der Waals surface area contributed by atoms with E-state index < -0.39 is 0 Å². The Bertz CT molecular complexity index is 1250. The predicted molar refractivity (Wildman–Crippen MR) is 134 cm³/mol. The van der Waals surface area contributed by atoms with Gasteiger partial charge in [-0.1, -0.05) is 84.9 Å². The van der Waals surface area contributed by atoms with Crippen LogP contribution in [0.5, 0.6) is 0 Å². The normalized spacial score (nSPS) is 11.0. The van der Waals surface area contributed by atoms with Crippen molar-refractivity contribution >= 4 is 23.5 Å². The first-order chi connectivity index (χ1) is 16.6. The summed E-state index contributed by atoms with van der Waals surface area (Å²) in [5, 5.41) is 19.2. The van der Waals surface area contributed by atoms with Crippen LogP contribution in [-0.4, -0.2) is 10.2 Å². The van der Waals surface area contributed by atoms with Gasteiger partial charge in [0.15, 0.2) is 0 Å². The second-order valence-electron chi connectivity index (χ2n) is 7.98. The van der Waals surface area contributed by atoms with Gasteiger partial charge in [-0.25, -0.2) is 10.7 Å². The molecule has 0 aliphatic carbocycles. The highest BCUT2D eigenvalue weighted by atomic mass is 17.2. The zero-order valence-electron chi connectivity index (χ0n) is 18.4. The molecule has 0 saturated carbocycles. The standard InChI is InChI=1S/C28H24N2O4/c31-30(32)28-17-13-26(14-18-28)20-24-9-5-22(6-10-24)2-1-21-3-7-23(8-4-21)19-25-11-15-27(16-12-25)29-34-33/h1-18,29,33H,19-20H2. The van der Waals surface area contributed by atoms with Gasteiger partial charge in [0, 0.05) is 12.1 Å². The second-order valence-corrected chi connectivity index (χ2v) is 7.98. The molecule has 4 aromatic rings. The SMILES string of the molecule is O=[N+]([O-])c1ccc(Cc2ccc(C=Cc3ccc(Cc4ccc(NOO)cc4)cc3)cc2)cc1. The molecule has 0 saturated heterocycles. The van der Waals surface area contributed by atoms with Crippen LogP contribution in [0.4, 0.5) is 11.4 Å². The molecule has 0 aliphatic heterocycles. The number of hydrogen-bond donors (Lipinski definition) is 2. The number of hydrogen-bond acceptors (Lipinski definition) is 5. The zero-order chi connectivity index (χ0) is 23.8. The molecule has 0 aliphatic rings. The van der Waals surface area contributed by atoms with Crippen LogP contribution in [0.25, 0.3) is 12.2 Å². The molecule has 6 heteroatoms. The summed E-state index contributed by atoms with van der Waals surface area (Å²) in [4.78, 5) is 14.3. The molecule has 34 heavy (non-hydrogen) atoms. The maximum atomic E-state index is 10.8. The van der Waals surface area contributed by atoms with Crippen LogP contribution >= 0.6 is 0 Å². The van der Waals surface area contributed by atoms with Gasteiger partial charge >= 0.3 is 0 Å². The van der Waals surface area contributed by atoms with Crippen LogP contribution in [0.1, 0.15) is 33.4 Å². The van der Waals surface area contributed by atoms with Crippen molar-refractivity contribution < 1.29 is 15.2 Å². The molecular weight excluding hydrogens is 428 g/mol. The van der Waals surface area contributed by atoms with Crippen molar-refractivity contribution in [1.82, 2.24) is 0 Å². The monoisotopic (exact) mass is 452 g/mol. The minimum absolute atomic E-state index is 0.109. The number of rotatable bonds is 9. The highest BCUT2D eigenvalue weighted by molar-refractivity contribution is 5.69. The zero-order valence-corrected chi connectivity index (χ0v) is 18.4. The minimum atomic E-state index is -0.383. The summed E-state index contributed by atoms with van der Waals surface area (Å²) >= 11 is 0. The van der Waals surface area contributed by atoms with Gasteiger partial charge in [-0.2, -0.15) is 0 Å². The third kappa shape index (κ3) is 6.38. The Morgan fingerprint density at radius 1 is 0.676 bits per heavy atom. The smallest absolute Gasteiger partial charge is 0.258 e. The molecule has 2 N–H and O–H groups in total. The van der Waals surface area contributed by atoms with Crippen molar-refractivity contribution in [3.05, 3.63) is 141 Å². The van der Waals surface area contributed by atoms with Crippen molar-refractivity contribution in [3.8, 4) is 0 Å². The lowest BCUT2D eigenvalue weighted by atomic mass is 10.0. The lowest BCUT2D eigenvalue weighted by molar-refractivity contribution is -0.384. The van der Waals surface area contributed by atoms with Gasteiger partial charge in [-0.3, -0.25) is 10.1 Å². The summed E-state index contributed by atoms with van der Waals surface area (Å²) < 4.78 is 0. The molecule has 0 bridgehead atoms. The molecule has 0 unspecified atom stereocenters. The molecule has 0 aromatic heterocycles. The summed E-state index contributed by atoms with van der Waals surface area (Å²) in [6.45, 7) is 0. The maximum Gasteiger partial charge on any atom is 0.269 e. The van der Waals surface area contributed by atoms with Crippen molar-refractivity contribution in [2.24, 2.45) is 0 Å². The molecule has 6 nitrogen and oxygen atoms in total.